The van der Waals surface area contributed by atoms with E-state index in [0.29, 0.717) is 11.3 Å². The molecule has 0 saturated heterocycles. The molecule has 0 radical (unpaired) electrons. The van der Waals surface area contributed by atoms with Gasteiger partial charge in [0.25, 0.3) is 0 Å². The Kier molecular flexibility index (Phi) is 6.08. The van der Waals surface area contributed by atoms with Crippen LogP contribution in [0.2, 0.25) is 0 Å². The molecule has 2 rings (SSSR count). The summed E-state index contributed by atoms with van der Waals surface area (Å²) in [5, 5.41) is 8.82. The molecule has 0 atom stereocenters. The second-order valence-electron chi connectivity index (χ2n) is 5.64. The van der Waals surface area contributed by atoms with Gasteiger partial charge in [-0.05, 0) is 55.0 Å². The van der Waals surface area contributed by atoms with Crippen molar-refractivity contribution in [1.29, 1.82) is 5.26 Å². The fraction of sp³-hybridized carbons (Fsp3) is 0.222. The minimum Gasteiger partial charge on any atom is -0.311 e. The van der Waals surface area contributed by atoms with Crippen LogP contribution in [0.3, 0.4) is 0 Å². The third-order valence-corrected chi connectivity index (χ3v) is 5.21. The number of hydrogen-bond donors (Lipinski definition) is 1. The van der Waals surface area contributed by atoms with Crippen molar-refractivity contribution >= 4 is 21.6 Å². The van der Waals surface area contributed by atoms with E-state index in [0.717, 1.165) is 6.07 Å². The van der Waals surface area contributed by atoms with Gasteiger partial charge in [-0.25, -0.2) is 17.5 Å². The third kappa shape index (κ3) is 4.65. The molecule has 0 unspecified atom stereocenters. The van der Waals surface area contributed by atoms with Gasteiger partial charge >= 0.3 is 0 Å². The summed E-state index contributed by atoms with van der Waals surface area (Å²) in [5.74, 6) is -0.737. The molecular weight excluding hydrogens is 357 g/mol. The maximum atomic E-state index is 13.3. The molecule has 136 valence electrons. The van der Waals surface area contributed by atoms with Gasteiger partial charge in [0.05, 0.1) is 16.5 Å². The van der Waals surface area contributed by atoms with Crippen LogP contribution in [-0.2, 0) is 14.8 Å². The number of nitrogens with one attached hydrogen (secondary N) is 1. The summed E-state index contributed by atoms with van der Waals surface area (Å²) in [6, 6.07) is 11.9. The standard InChI is InChI=1S/C18H18FN3O3S/c1-13-11-17(7-8-18(13)19)26(24,25)21-9-10-22(14(2)23)16-5-3-15(12-20)4-6-16/h3-8,11,21H,9-10H2,1-2H3. The molecule has 1 N–H and O–H groups in total. The molecule has 2 aromatic rings. The molecule has 0 spiro atoms. The number of carbonyl (C=O) groups excluding carboxylic acids is 1. The van der Waals surface area contributed by atoms with E-state index in [1.54, 1.807) is 24.3 Å². The van der Waals surface area contributed by atoms with Crippen molar-refractivity contribution in [2.45, 2.75) is 18.7 Å². The van der Waals surface area contributed by atoms with Crippen molar-refractivity contribution in [2.75, 3.05) is 18.0 Å². The first kappa shape index (κ1) is 19.6. The summed E-state index contributed by atoms with van der Waals surface area (Å²) in [7, 11) is -3.81. The van der Waals surface area contributed by atoms with Crippen molar-refractivity contribution < 1.29 is 17.6 Å². The maximum absolute atomic E-state index is 13.3. The summed E-state index contributed by atoms with van der Waals surface area (Å²) in [6.07, 6.45) is 0. The van der Waals surface area contributed by atoms with Crippen molar-refractivity contribution in [3.63, 3.8) is 0 Å². The Morgan fingerprint density at radius 1 is 1.23 bits per heavy atom. The van der Waals surface area contributed by atoms with Crippen LogP contribution in [0.5, 0.6) is 0 Å². The number of rotatable bonds is 6. The van der Waals surface area contributed by atoms with Crippen LogP contribution in [0.4, 0.5) is 10.1 Å². The van der Waals surface area contributed by atoms with Gasteiger partial charge in [0.1, 0.15) is 5.82 Å². The lowest BCUT2D eigenvalue weighted by Crippen LogP contribution is -2.37. The zero-order valence-electron chi connectivity index (χ0n) is 14.4. The van der Waals surface area contributed by atoms with Crippen LogP contribution in [0.15, 0.2) is 47.4 Å². The normalized spacial score (nSPS) is 11.0. The highest BCUT2D eigenvalue weighted by atomic mass is 32.2. The predicted octanol–water partition coefficient (Wildman–Crippen LogP) is 2.34. The van der Waals surface area contributed by atoms with Crippen molar-refractivity contribution in [1.82, 2.24) is 4.72 Å². The quantitative estimate of drug-likeness (QED) is 0.839. The first-order valence-electron chi connectivity index (χ1n) is 7.78. The number of nitrogens with zero attached hydrogens (tertiary/aromatic N) is 2. The van der Waals surface area contributed by atoms with E-state index in [4.69, 9.17) is 5.26 Å². The van der Waals surface area contributed by atoms with Crippen molar-refractivity contribution in [2.24, 2.45) is 0 Å². The van der Waals surface area contributed by atoms with E-state index in [1.807, 2.05) is 6.07 Å². The van der Waals surface area contributed by atoms with Gasteiger partial charge in [0.15, 0.2) is 0 Å². The number of aryl methyl sites for hydroxylation is 1. The van der Waals surface area contributed by atoms with Gasteiger partial charge in [0, 0.05) is 25.7 Å². The Bertz CT molecular complexity index is 951. The summed E-state index contributed by atoms with van der Waals surface area (Å²) in [4.78, 5) is 13.2. The average molecular weight is 375 g/mol. The molecule has 26 heavy (non-hydrogen) atoms. The van der Waals surface area contributed by atoms with Crippen LogP contribution >= 0.6 is 0 Å². The topological polar surface area (TPSA) is 90.3 Å². The van der Waals surface area contributed by atoms with E-state index in [1.165, 1.54) is 30.9 Å². The SMILES string of the molecule is CC(=O)N(CCNS(=O)(=O)c1ccc(F)c(C)c1)c1ccc(C#N)cc1. The summed E-state index contributed by atoms with van der Waals surface area (Å²) >= 11 is 0. The number of nitriles is 1. The highest BCUT2D eigenvalue weighted by Crippen LogP contribution is 2.16. The second kappa shape index (κ2) is 8.08. The molecule has 0 saturated carbocycles. The predicted molar refractivity (Wildman–Crippen MR) is 95.5 cm³/mol. The fourth-order valence-corrected chi connectivity index (χ4v) is 3.45. The van der Waals surface area contributed by atoms with Gasteiger partial charge in [-0.3, -0.25) is 4.79 Å². The Hall–Kier alpha value is -2.76. The molecule has 2 aromatic carbocycles. The van der Waals surface area contributed by atoms with Crippen LogP contribution in [0.1, 0.15) is 18.1 Å². The van der Waals surface area contributed by atoms with Gasteiger partial charge in [-0.1, -0.05) is 0 Å². The lowest BCUT2D eigenvalue weighted by Gasteiger charge is -2.21. The molecule has 0 aliphatic rings. The molecule has 0 heterocycles. The number of carbonyl (C=O) groups is 1. The molecule has 0 aliphatic heterocycles. The number of sulfonamides is 1. The Labute approximate surface area is 151 Å². The van der Waals surface area contributed by atoms with Crippen LogP contribution in [-0.4, -0.2) is 27.4 Å². The van der Waals surface area contributed by atoms with Gasteiger partial charge in [0.2, 0.25) is 15.9 Å². The van der Waals surface area contributed by atoms with E-state index < -0.39 is 15.8 Å². The lowest BCUT2D eigenvalue weighted by atomic mass is 10.2. The highest BCUT2D eigenvalue weighted by Gasteiger charge is 2.17. The number of amides is 1. The van der Waals surface area contributed by atoms with E-state index in [-0.39, 0.29) is 29.5 Å². The molecule has 0 aliphatic carbocycles. The summed E-state index contributed by atoms with van der Waals surface area (Å²) in [5.41, 5.74) is 1.26. The Morgan fingerprint density at radius 2 is 1.88 bits per heavy atom. The summed E-state index contributed by atoms with van der Waals surface area (Å²) < 4.78 is 40.3. The third-order valence-electron chi connectivity index (χ3n) is 3.76. The van der Waals surface area contributed by atoms with Crippen LogP contribution < -0.4 is 9.62 Å². The van der Waals surface area contributed by atoms with Crippen molar-refractivity contribution in [3.8, 4) is 6.07 Å². The first-order chi connectivity index (χ1) is 12.2. The van der Waals surface area contributed by atoms with Gasteiger partial charge in [-0.15, -0.1) is 0 Å². The van der Waals surface area contributed by atoms with Crippen LogP contribution in [0, 0.1) is 24.1 Å². The van der Waals surface area contributed by atoms with E-state index >= 15 is 0 Å². The molecule has 8 heteroatoms. The van der Waals surface area contributed by atoms with E-state index in [9.17, 15) is 17.6 Å². The molecule has 0 aromatic heterocycles. The van der Waals surface area contributed by atoms with Crippen molar-refractivity contribution in [3.05, 3.63) is 59.4 Å². The van der Waals surface area contributed by atoms with Crippen LogP contribution in [0.25, 0.3) is 0 Å². The number of benzene rings is 2. The number of anilines is 1. The first-order valence-corrected chi connectivity index (χ1v) is 9.27. The molecular formula is C18H18FN3O3S. The van der Waals surface area contributed by atoms with Gasteiger partial charge in [-0.2, -0.15) is 5.26 Å². The molecule has 1 amide bonds. The smallest absolute Gasteiger partial charge is 0.240 e. The largest absolute Gasteiger partial charge is 0.311 e. The minimum absolute atomic E-state index is 0.0155. The average Bonchev–Trinajstić information content (AvgIpc) is 2.61. The number of hydrogen-bond acceptors (Lipinski definition) is 4. The fourth-order valence-electron chi connectivity index (χ4n) is 2.34. The zero-order chi connectivity index (χ0) is 19.3. The molecule has 0 fully saturated rings. The number of halogens is 1. The lowest BCUT2D eigenvalue weighted by molar-refractivity contribution is -0.116. The monoisotopic (exact) mass is 375 g/mol. The Balaban J connectivity index is 2.08. The van der Waals surface area contributed by atoms with E-state index in [2.05, 4.69) is 4.72 Å². The molecule has 6 nitrogen and oxygen atoms in total. The maximum Gasteiger partial charge on any atom is 0.240 e. The zero-order valence-corrected chi connectivity index (χ0v) is 15.2. The highest BCUT2D eigenvalue weighted by molar-refractivity contribution is 7.89. The second-order valence-corrected chi connectivity index (χ2v) is 7.41. The van der Waals surface area contributed by atoms with Gasteiger partial charge < -0.3 is 4.90 Å². The molecule has 0 bridgehead atoms. The Morgan fingerprint density at radius 3 is 2.42 bits per heavy atom. The minimum atomic E-state index is -3.81. The summed E-state index contributed by atoms with van der Waals surface area (Å²) in [6.45, 7) is 2.95.